The van der Waals surface area contributed by atoms with E-state index >= 15 is 0 Å². The van der Waals surface area contributed by atoms with Crippen LogP contribution in [0.4, 0.5) is 0 Å². The Morgan fingerprint density at radius 1 is 1.20 bits per heavy atom. The molecule has 104 valence electrons. The van der Waals surface area contributed by atoms with Gasteiger partial charge in [-0.05, 0) is 55.7 Å². The van der Waals surface area contributed by atoms with Crippen molar-refractivity contribution in [2.45, 2.75) is 19.8 Å². The van der Waals surface area contributed by atoms with Gasteiger partial charge in [-0.1, -0.05) is 11.6 Å². The molecule has 3 rings (SSSR count). The van der Waals surface area contributed by atoms with E-state index in [1.807, 2.05) is 36.1 Å². The maximum Gasteiger partial charge on any atom is 0.289 e. The lowest BCUT2D eigenvalue weighted by Crippen LogP contribution is -2.27. The lowest BCUT2D eigenvalue weighted by Gasteiger charge is -2.12. The van der Waals surface area contributed by atoms with Crippen LogP contribution < -0.4 is 0 Å². The van der Waals surface area contributed by atoms with Gasteiger partial charge in [0.15, 0.2) is 5.76 Å². The van der Waals surface area contributed by atoms with E-state index in [1.165, 1.54) is 0 Å². The number of rotatable bonds is 2. The van der Waals surface area contributed by atoms with Gasteiger partial charge in [-0.25, -0.2) is 0 Å². The lowest BCUT2D eigenvalue weighted by molar-refractivity contribution is 0.0762. The van der Waals surface area contributed by atoms with Crippen LogP contribution >= 0.6 is 11.6 Å². The van der Waals surface area contributed by atoms with E-state index in [0.717, 1.165) is 37.1 Å². The molecule has 1 aromatic carbocycles. The van der Waals surface area contributed by atoms with E-state index in [1.54, 1.807) is 6.07 Å². The average Bonchev–Trinajstić information content (AvgIpc) is 3.09. The Morgan fingerprint density at radius 3 is 2.65 bits per heavy atom. The largest absolute Gasteiger partial charge is 0.451 e. The third-order valence-electron chi connectivity index (χ3n) is 3.66. The van der Waals surface area contributed by atoms with Gasteiger partial charge in [-0.3, -0.25) is 4.79 Å². The van der Waals surface area contributed by atoms with Gasteiger partial charge in [0.25, 0.3) is 5.91 Å². The Labute approximate surface area is 123 Å². The molecule has 20 heavy (non-hydrogen) atoms. The zero-order valence-corrected chi connectivity index (χ0v) is 12.1. The molecule has 1 saturated heterocycles. The van der Waals surface area contributed by atoms with Crippen LogP contribution in [0.3, 0.4) is 0 Å². The Balaban J connectivity index is 1.87. The number of hydrogen-bond acceptors (Lipinski definition) is 2. The molecule has 0 bridgehead atoms. The first-order valence-corrected chi connectivity index (χ1v) is 7.18. The van der Waals surface area contributed by atoms with Crippen molar-refractivity contribution in [3.63, 3.8) is 0 Å². The predicted octanol–water partition coefficient (Wildman–Crippen LogP) is 4.14. The maximum atomic E-state index is 12.2. The number of carbonyl (C=O) groups excluding carboxylic acids is 1. The number of aryl methyl sites for hydroxylation is 1. The number of amides is 1. The fourth-order valence-corrected chi connectivity index (χ4v) is 2.80. The summed E-state index contributed by atoms with van der Waals surface area (Å²) in [6.45, 7) is 3.63. The summed E-state index contributed by atoms with van der Waals surface area (Å²) < 4.78 is 5.73. The first kappa shape index (κ1) is 13.3. The summed E-state index contributed by atoms with van der Waals surface area (Å²) in [6, 6.07) is 9.24. The molecule has 0 radical (unpaired) electrons. The molecule has 1 amide bonds. The van der Waals surface area contributed by atoms with Crippen molar-refractivity contribution in [2.24, 2.45) is 0 Å². The van der Waals surface area contributed by atoms with Crippen LogP contribution in [0, 0.1) is 6.92 Å². The Kier molecular flexibility index (Phi) is 3.53. The summed E-state index contributed by atoms with van der Waals surface area (Å²) in [7, 11) is 0. The molecule has 0 saturated carbocycles. The first-order valence-electron chi connectivity index (χ1n) is 6.81. The lowest BCUT2D eigenvalue weighted by atomic mass is 10.1. The normalized spacial score (nSPS) is 14.8. The van der Waals surface area contributed by atoms with Gasteiger partial charge in [0.1, 0.15) is 5.76 Å². The van der Waals surface area contributed by atoms with E-state index < -0.39 is 0 Å². The number of hydrogen-bond donors (Lipinski definition) is 0. The molecule has 2 aromatic rings. The van der Waals surface area contributed by atoms with Crippen LogP contribution in [0.2, 0.25) is 5.02 Å². The Bertz CT molecular complexity index is 642. The summed E-state index contributed by atoms with van der Waals surface area (Å²) in [6.07, 6.45) is 2.16. The van der Waals surface area contributed by atoms with E-state index in [9.17, 15) is 4.79 Å². The van der Waals surface area contributed by atoms with E-state index in [0.29, 0.717) is 16.5 Å². The molecule has 3 nitrogen and oxygen atoms in total. The number of carbonyl (C=O) groups is 1. The molecule has 1 aliphatic rings. The van der Waals surface area contributed by atoms with Crippen molar-refractivity contribution in [1.82, 2.24) is 4.90 Å². The molecular formula is C16H16ClNO2. The van der Waals surface area contributed by atoms with Crippen molar-refractivity contribution >= 4 is 17.5 Å². The van der Waals surface area contributed by atoms with Gasteiger partial charge in [0.05, 0.1) is 0 Å². The Morgan fingerprint density at radius 2 is 1.95 bits per heavy atom. The highest BCUT2D eigenvalue weighted by molar-refractivity contribution is 6.30. The van der Waals surface area contributed by atoms with Gasteiger partial charge in [0, 0.05) is 23.7 Å². The highest BCUT2D eigenvalue weighted by Crippen LogP contribution is 2.28. The second-order valence-corrected chi connectivity index (χ2v) is 5.56. The van der Waals surface area contributed by atoms with Crippen LogP contribution in [0.25, 0.3) is 11.3 Å². The zero-order valence-electron chi connectivity index (χ0n) is 11.4. The number of furan rings is 1. The summed E-state index contributed by atoms with van der Waals surface area (Å²) in [5.74, 6) is 1.11. The summed E-state index contributed by atoms with van der Waals surface area (Å²) in [5, 5.41) is 0.700. The average molecular weight is 290 g/mol. The molecule has 1 fully saturated rings. The number of halogens is 1. The first-order chi connectivity index (χ1) is 9.65. The monoisotopic (exact) mass is 289 g/mol. The van der Waals surface area contributed by atoms with Gasteiger partial charge in [-0.15, -0.1) is 0 Å². The fourth-order valence-electron chi connectivity index (χ4n) is 2.58. The standard InChI is InChI=1S/C16H16ClNO2/c1-11-10-12(17)4-5-13(11)14-6-7-15(20-14)16(19)18-8-2-3-9-18/h4-7,10H,2-3,8-9H2,1H3. The minimum Gasteiger partial charge on any atom is -0.451 e. The molecule has 0 aliphatic carbocycles. The quantitative estimate of drug-likeness (QED) is 0.832. The molecule has 1 aliphatic heterocycles. The summed E-state index contributed by atoms with van der Waals surface area (Å²) in [5.41, 5.74) is 2.00. The Hall–Kier alpha value is -1.74. The molecule has 2 heterocycles. The van der Waals surface area contributed by atoms with Crippen LogP contribution in [-0.2, 0) is 0 Å². The third kappa shape index (κ3) is 2.46. The smallest absolute Gasteiger partial charge is 0.289 e. The topological polar surface area (TPSA) is 33.5 Å². The van der Waals surface area contributed by atoms with Crippen LogP contribution in [0.1, 0.15) is 29.0 Å². The van der Waals surface area contributed by atoms with Crippen LogP contribution in [0.15, 0.2) is 34.7 Å². The number of benzene rings is 1. The van der Waals surface area contributed by atoms with Crippen LogP contribution in [-0.4, -0.2) is 23.9 Å². The van der Waals surface area contributed by atoms with E-state index in [4.69, 9.17) is 16.0 Å². The summed E-state index contributed by atoms with van der Waals surface area (Å²) >= 11 is 5.95. The molecule has 4 heteroatoms. The molecule has 0 atom stereocenters. The maximum absolute atomic E-state index is 12.2. The highest BCUT2D eigenvalue weighted by Gasteiger charge is 2.22. The number of likely N-dealkylation sites (tertiary alicyclic amines) is 1. The second-order valence-electron chi connectivity index (χ2n) is 5.12. The van der Waals surface area contributed by atoms with Crippen molar-refractivity contribution in [1.29, 1.82) is 0 Å². The molecule has 1 aromatic heterocycles. The highest BCUT2D eigenvalue weighted by atomic mass is 35.5. The van der Waals surface area contributed by atoms with Crippen molar-refractivity contribution in [3.8, 4) is 11.3 Å². The van der Waals surface area contributed by atoms with Crippen molar-refractivity contribution in [3.05, 3.63) is 46.7 Å². The van der Waals surface area contributed by atoms with E-state index in [2.05, 4.69) is 0 Å². The molecular weight excluding hydrogens is 274 g/mol. The molecule has 0 unspecified atom stereocenters. The van der Waals surface area contributed by atoms with Gasteiger partial charge in [-0.2, -0.15) is 0 Å². The molecule has 0 spiro atoms. The fraction of sp³-hybridized carbons (Fsp3) is 0.312. The predicted molar refractivity (Wildman–Crippen MR) is 79.0 cm³/mol. The summed E-state index contributed by atoms with van der Waals surface area (Å²) in [4.78, 5) is 14.1. The van der Waals surface area contributed by atoms with Crippen LogP contribution in [0.5, 0.6) is 0 Å². The van der Waals surface area contributed by atoms with Crippen molar-refractivity contribution in [2.75, 3.05) is 13.1 Å². The van der Waals surface area contributed by atoms with Gasteiger partial charge >= 0.3 is 0 Å². The SMILES string of the molecule is Cc1cc(Cl)ccc1-c1ccc(C(=O)N2CCCC2)o1. The molecule has 0 N–H and O–H groups in total. The second kappa shape index (κ2) is 5.33. The van der Waals surface area contributed by atoms with Gasteiger partial charge in [0.2, 0.25) is 0 Å². The third-order valence-corrected chi connectivity index (χ3v) is 3.90. The minimum absolute atomic E-state index is 0.0135. The van der Waals surface area contributed by atoms with Gasteiger partial charge < -0.3 is 9.32 Å². The van der Waals surface area contributed by atoms with Crippen molar-refractivity contribution < 1.29 is 9.21 Å². The zero-order chi connectivity index (χ0) is 14.1. The van der Waals surface area contributed by atoms with E-state index in [-0.39, 0.29) is 5.91 Å². The minimum atomic E-state index is -0.0135. The number of nitrogens with zero attached hydrogens (tertiary/aromatic N) is 1.